The predicted octanol–water partition coefficient (Wildman–Crippen LogP) is 4.23. The molecule has 0 saturated carbocycles. The van der Waals surface area contributed by atoms with E-state index >= 15 is 0 Å². The smallest absolute Gasteiger partial charge is 0.159 e. The Kier molecular flexibility index (Phi) is 2.93. The van der Waals surface area contributed by atoms with Gasteiger partial charge in [0.25, 0.3) is 0 Å². The standard InChI is InChI=1S/C18H12FN3/c19-15-3-5-16(6-4-15)22-11-8-13-12-14(2-7-17(13)22)18-20-9-1-10-21-18/h1-12H. The second-order valence-corrected chi connectivity index (χ2v) is 5.01. The van der Waals surface area contributed by atoms with Crippen molar-refractivity contribution in [3.05, 3.63) is 79.0 Å². The number of halogens is 1. The molecule has 22 heavy (non-hydrogen) atoms. The summed E-state index contributed by atoms with van der Waals surface area (Å²) in [5.41, 5.74) is 2.97. The van der Waals surface area contributed by atoms with E-state index in [2.05, 4.69) is 16.0 Å². The zero-order valence-corrected chi connectivity index (χ0v) is 11.6. The third kappa shape index (κ3) is 2.15. The topological polar surface area (TPSA) is 30.7 Å². The summed E-state index contributed by atoms with van der Waals surface area (Å²) in [5, 5.41) is 1.09. The molecule has 0 amide bonds. The number of aromatic nitrogens is 3. The summed E-state index contributed by atoms with van der Waals surface area (Å²) in [6.45, 7) is 0. The van der Waals surface area contributed by atoms with Crippen LogP contribution in [-0.2, 0) is 0 Å². The first-order valence-corrected chi connectivity index (χ1v) is 6.96. The Balaban J connectivity index is 1.82. The molecular weight excluding hydrogens is 277 g/mol. The van der Waals surface area contributed by atoms with Crippen LogP contribution in [0.25, 0.3) is 28.0 Å². The first-order valence-electron chi connectivity index (χ1n) is 6.96. The van der Waals surface area contributed by atoms with Crippen LogP contribution in [0.5, 0.6) is 0 Å². The van der Waals surface area contributed by atoms with Crippen LogP contribution in [0.1, 0.15) is 0 Å². The van der Waals surface area contributed by atoms with Gasteiger partial charge in [-0.2, -0.15) is 0 Å². The molecule has 4 aromatic rings. The minimum absolute atomic E-state index is 0.233. The minimum atomic E-state index is -0.233. The van der Waals surface area contributed by atoms with Gasteiger partial charge in [-0.1, -0.05) is 0 Å². The molecule has 0 atom stereocenters. The van der Waals surface area contributed by atoms with Gasteiger partial charge in [0, 0.05) is 35.2 Å². The summed E-state index contributed by atoms with van der Waals surface area (Å²) < 4.78 is 15.1. The van der Waals surface area contributed by atoms with Gasteiger partial charge in [-0.3, -0.25) is 0 Å². The van der Waals surface area contributed by atoms with Gasteiger partial charge in [0.05, 0.1) is 5.52 Å². The van der Waals surface area contributed by atoms with E-state index in [1.54, 1.807) is 30.6 Å². The Morgan fingerprint density at radius 3 is 2.41 bits per heavy atom. The maximum Gasteiger partial charge on any atom is 0.159 e. The number of nitrogens with zero attached hydrogens (tertiary/aromatic N) is 3. The van der Waals surface area contributed by atoms with Gasteiger partial charge in [0.2, 0.25) is 0 Å². The Morgan fingerprint density at radius 2 is 1.64 bits per heavy atom. The van der Waals surface area contributed by atoms with Crippen LogP contribution in [0.2, 0.25) is 0 Å². The summed E-state index contributed by atoms with van der Waals surface area (Å²) in [6.07, 6.45) is 5.44. The fraction of sp³-hybridized carbons (Fsp3) is 0. The van der Waals surface area contributed by atoms with E-state index < -0.39 is 0 Å². The lowest BCUT2D eigenvalue weighted by Gasteiger charge is -2.06. The van der Waals surface area contributed by atoms with E-state index in [1.165, 1.54) is 12.1 Å². The molecule has 0 unspecified atom stereocenters. The van der Waals surface area contributed by atoms with E-state index in [4.69, 9.17) is 0 Å². The molecule has 2 aromatic carbocycles. The lowest BCUT2D eigenvalue weighted by molar-refractivity contribution is 0.627. The van der Waals surface area contributed by atoms with Crippen molar-refractivity contribution >= 4 is 10.9 Å². The Morgan fingerprint density at radius 1 is 0.864 bits per heavy atom. The second-order valence-electron chi connectivity index (χ2n) is 5.01. The highest BCUT2D eigenvalue weighted by atomic mass is 19.1. The van der Waals surface area contributed by atoms with Crippen molar-refractivity contribution in [1.82, 2.24) is 14.5 Å². The third-order valence-corrected chi connectivity index (χ3v) is 3.62. The average Bonchev–Trinajstić information content (AvgIpc) is 2.99. The fourth-order valence-electron chi connectivity index (χ4n) is 2.56. The zero-order chi connectivity index (χ0) is 14.9. The van der Waals surface area contributed by atoms with E-state index in [-0.39, 0.29) is 5.82 Å². The molecule has 0 aliphatic heterocycles. The normalized spacial score (nSPS) is 11.0. The van der Waals surface area contributed by atoms with Crippen LogP contribution in [0.15, 0.2) is 73.2 Å². The van der Waals surface area contributed by atoms with Gasteiger partial charge in [-0.15, -0.1) is 0 Å². The molecule has 0 saturated heterocycles. The van der Waals surface area contributed by atoms with Crippen molar-refractivity contribution in [2.45, 2.75) is 0 Å². The van der Waals surface area contributed by atoms with E-state index in [0.29, 0.717) is 5.82 Å². The fourth-order valence-corrected chi connectivity index (χ4v) is 2.56. The van der Waals surface area contributed by atoms with E-state index in [1.807, 2.05) is 29.0 Å². The van der Waals surface area contributed by atoms with Crippen molar-refractivity contribution in [3.8, 4) is 17.1 Å². The number of hydrogen-bond donors (Lipinski definition) is 0. The van der Waals surface area contributed by atoms with Crippen molar-refractivity contribution in [2.24, 2.45) is 0 Å². The molecule has 0 bridgehead atoms. The molecule has 3 nitrogen and oxygen atoms in total. The first-order chi connectivity index (χ1) is 10.8. The highest BCUT2D eigenvalue weighted by molar-refractivity contribution is 5.86. The Bertz CT molecular complexity index is 928. The molecule has 2 heterocycles. The zero-order valence-electron chi connectivity index (χ0n) is 11.6. The molecule has 0 fully saturated rings. The molecule has 4 rings (SSSR count). The molecule has 0 spiro atoms. The average molecular weight is 289 g/mol. The van der Waals surface area contributed by atoms with Crippen LogP contribution in [-0.4, -0.2) is 14.5 Å². The lowest BCUT2D eigenvalue weighted by atomic mass is 10.1. The van der Waals surface area contributed by atoms with Gasteiger partial charge < -0.3 is 4.57 Å². The minimum Gasteiger partial charge on any atom is -0.317 e. The summed E-state index contributed by atoms with van der Waals surface area (Å²) in [6, 6.07) is 16.4. The van der Waals surface area contributed by atoms with Gasteiger partial charge in [0.15, 0.2) is 5.82 Å². The Labute approximate surface area is 126 Å². The van der Waals surface area contributed by atoms with Gasteiger partial charge in [-0.25, -0.2) is 14.4 Å². The van der Waals surface area contributed by atoms with Crippen LogP contribution < -0.4 is 0 Å². The van der Waals surface area contributed by atoms with E-state index in [0.717, 1.165) is 22.2 Å². The monoisotopic (exact) mass is 289 g/mol. The highest BCUT2D eigenvalue weighted by Gasteiger charge is 2.06. The largest absolute Gasteiger partial charge is 0.317 e. The van der Waals surface area contributed by atoms with Crippen LogP contribution in [0.3, 0.4) is 0 Å². The number of rotatable bonds is 2. The highest BCUT2D eigenvalue weighted by Crippen LogP contribution is 2.25. The van der Waals surface area contributed by atoms with Crippen LogP contribution >= 0.6 is 0 Å². The lowest BCUT2D eigenvalue weighted by Crippen LogP contribution is -1.92. The number of fused-ring (bicyclic) bond motifs is 1. The number of hydrogen-bond acceptors (Lipinski definition) is 2. The van der Waals surface area contributed by atoms with Crippen LogP contribution in [0.4, 0.5) is 4.39 Å². The molecule has 2 aromatic heterocycles. The SMILES string of the molecule is Fc1ccc(-n2ccc3cc(-c4ncccn4)ccc32)cc1. The molecule has 0 aliphatic rings. The van der Waals surface area contributed by atoms with E-state index in [9.17, 15) is 4.39 Å². The van der Waals surface area contributed by atoms with Crippen molar-refractivity contribution in [2.75, 3.05) is 0 Å². The molecule has 0 radical (unpaired) electrons. The quantitative estimate of drug-likeness (QED) is 0.553. The van der Waals surface area contributed by atoms with Gasteiger partial charge in [-0.05, 0) is 54.6 Å². The maximum absolute atomic E-state index is 13.1. The summed E-state index contributed by atoms with van der Waals surface area (Å²) in [4.78, 5) is 8.54. The maximum atomic E-state index is 13.1. The summed E-state index contributed by atoms with van der Waals surface area (Å²) in [5.74, 6) is 0.475. The number of benzene rings is 2. The summed E-state index contributed by atoms with van der Waals surface area (Å²) >= 11 is 0. The van der Waals surface area contributed by atoms with Crippen molar-refractivity contribution in [3.63, 3.8) is 0 Å². The first kappa shape index (κ1) is 12.7. The van der Waals surface area contributed by atoms with Gasteiger partial charge in [0.1, 0.15) is 5.82 Å². The van der Waals surface area contributed by atoms with Crippen molar-refractivity contribution < 1.29 is 4.39 Å². The molecule has 0 aliphatic carbocycles. The summed E-state index contributed by atoms with van der Waals surface area (Å²) in [7, 11) is 0. The third-order valence-electron chi connectivity index (χ3n) is 3.62. The Hall–Kier alpha value is -3.01. The second kappa shape index (κ2) is 5.07. The molecule has 4 heteroatoms. The van der Waals surface area contributed by atoms with Crippen molar-refractivity contribution in [1.29, 1.82) is 0 Å². The predicted molar refractivity (Wildman–Crippen MR) is 84.3 cm³/mol. The molecular formula is C18H12FN3. The molecule has 0 N–H and O–H groups in total. The van der Waals surface area contributed by atoms with Crippen LogP contribution in [0, 0.1) is 5.82 Å². The van der Waals surface area contributed by atoms with Gasteiger partial charge >= 0.3 is 0 Å². The molecule has 106 valence electrons.